The van der Waals surface area contributed by atoms with Gasteiger partial charge in [-0.2, -0.15) is 0 Å². The number of methoxy groups -OCH3 is 1. The van der Waals surface area contributed by atoms with Crippen molar-refractivity contribution in [2.45, 2.75) is 6.92 Å². The number of ether oxygens (including phenoxy) is 2. The standard InChI is InChI=1S/C13H10N2O9/c1-3-23-12(16)7-4-6-5-8(14(18)19)11(22-2)9(15(20)21)10(6)24-13(7)17/h4-5H,3H2,1-2H3. The molecule has 0 saturated heterocycles. The highest BCUT2D eigenvalue weighted by atomic mass is 16.6. The van der Waals surface area contributed by atoms with Gasteiger partial charge in [-0.15, -0.1) is 0 Å². The molecule has 2 aromatic rings. The Balaban J connectivity index is 2.92. The van der Waals surface area contributed by atoms with Gasteiger partial charge in [-0.1, -0.05) is 0 Å². The molecule has 0 unspecified atom stereocenters. The molecule has 1 aromatic carbocycles. The summed E-state index contributed by atoms with van der Waals surface area (Å²) in [5, 5.41) is 22.2. The van der Waals surface area contributed by atoms with Crippen molar-refractivity contribution in [3.05, 3.63) is 48.3 Å². The van der Waals surface area contributed by atoms with Gasteiger partial charge in [0, 0.05) is 11.5 Å². The minimum Gasteiger partial charge on any atom is -0.485 e. The second kappa shape index (κ2) is 6.32. The van der Waals surface area contributed by atoms with Crippen LogP contribution in [0.4, 0.5) is 11.4 Å². The van der Waals surface area contributed by atoms with Crippen LogP contribution in [0, 0.1) is 20.2 Å². The molecule has 11 nitrogen and oxygen atoms in total. The fourth-order valence-electron chi connectivity index (χ4n) is 2.07. The highest BCUT2D eigenvalue weighted by Gasteiger charge is 2.33. The van der Waals surface area contributed by atoms with Crippen LogP contribution in [0.1, 0.15) is 17.3 Å². The van der Waals surface area contributed by atoms with Crippen LogP contribution in [0.3, 0.4) is 0 Å². The lowest BCUT2D eigenvalue weighted by atomic mass is 10.1. The van der Waals surface area contributed by atoms with Gasteiger partial charge in [-0.25, -0.2) is 9.59 Å². The van der Waals surface area contributed by atoms with Crippen LogP contribution in [-0.2, 0) is 4.74 Å². The molecule has 1 heterocycles. The van der Waals surface area contributed by atoms with E-state index in [-0.39, 0.29) is 12.0 Å². The largest absolute Gasteiger partial charge is 0.485 e. The van der Waals surface area contributed by atoms with E-state index in [4.69, 9.17) is 9.15 Å². The first kappa shape index (κ1) is 16.9. The molecule has 0 saturated carbocycles. The minimum absolute atomic E-state index is 0.0147. The summed E-state index contributed by atoms with van der Waals surface area (Å²) in [6.07, 6.45) is 0. The van der Waals surface area contributed by atoms with Crippen LogP contribution in [0.2, 0.25) is 0 Å². The number of carbonyl (C=O) groups excluding carboxylic acids is 1. The summed E-state index contributed by atoms with van der Waals surface area (Å²) in [5.41, 5.74) is -3.83. The third-order valence-corrected chi connectivity index (χ3v) is 3.01. The molecule has 0 atom stereocenters. The molecule has 11 heteroatoms. The van der Waals surface area contributed by atoms with Crippen molar-refractivity contribution in [1.82, 2.24) is 0 Å². The van der Waals surface area contributed by atoms with E-state index < -0.39 is 49.7 Å². The molecule has 0 spiro atoms. The highest BCUT2D eigenvalue weighted by Crippen LogP contribution is 2.42. The Bertz CT molecular complexity index is 916. The molecule has 0 N–H and O–H groups in total. The first-order valence-electron chi connectivity index (χ1n) is 6.46. The number of hydrogen-bond acceptors (Lipinski definition) is 9. The Hall–Kier alpha value is -3.50. The number of nitro groups is 2. The van der Waals surface area contributed by atoms with Crippen molar-refractivity contribution >= 4 is 28.3 Å². The van der Waals surface area contributed by atoms with E-state index in [1.54, 1.807) is 0 Å². The Kier molecular flexibility index (Phi) is 4.44. The van der Waals surface area contributed by atoms with Gasteiger partial charge < -0.3 is 13.9 Å². The number of esters is 1. The maximum Gasteiger partial charge on any atom is 0.361 e. The lowest BCUT2D eigenvalue weighted by molar-refractivity contribution is -0.395. The molecular formula is C13H10N2O9. The number of nitrogens with zero attached hydrogens (tertiary/aromatic N) is 2. The molecule has 1 aromatic heterocycles. The summed E-state index contributed by atoms with van der Waals surface area (Å²) >= 11 is 0. The molecule has 0 bridgehead atoms. The average Bonchev–Trinajstić information content (AvgIpc) is 2.52. The normalized spacial score (nSPS) is 10.4. The summed E-state index contributed by atoms with van der Waals surface area (Å²) in [5.74, 6) is -1.67. The summed E-state index contributed by atoms with van der Waals surface area (Å²) in [6, 6.07) is 1.85. The maximum atomic E-state index is 11.9. The molecule has 126 valence electrons. The lowest BCUT2D eigenvalue weighted by Gasteiger charge is -2.06. The van der Waals surface area contributed by atoms with Gasteiger partial charge in [-0.3, -0.25) is 20.2 Å². The molecule has 0 radical (unpaired) electrons. The van der Waals surface area contributed by atoms with Crippen molar-refractivity contribution in [2.75, 3.05) is 13.7 Å². The highest BCUT2D eigenvalue weighted by molar-refractivity contribution is 5.97. The second-order valence-electron chi connectivity index (χ2n) is 4.38. The molecule has 0 aliphatic carbocycles. The van der Waals surface area contributed by atoms with E-state index in [0.29, 0.717) is 0 Å². The number of rotatable bonds is 5. The van der Waals surface area contributed by atoms with E-state index in [9.17, 15) is 29.8 Å². The molecule has 0 aliphatic rings. The Labute approximate surface area is 132 Å². The van der Waals surface area contributed by atoms with Crippen LogP contribution in [0.5, 0.6) is 5.75 Å². The third-order valence-electron chi connectivity index (χ3n) is 3.01. The monoisotopic (exact) mass is 338 g/mol. The van der Waals surface area contributed by atoms with E-state index in [2.05, 4.69) is 4.74 Å². The average molecular weight is 338 g/mol. The first-order valence-corrected chi connectivity index (χ1v) is 6.46. The Morgan fingerprint density at radius 1 is 1.25 bits per heavy atom. The van der Waals surface area contributed by atoms with Crippen LogP contribution in [0.25, 0.3) is 11.0 Å². The fourth-order valence-corrected chi connectivity index (χ4v) is 2.07. The zero-order valence-electron chi connectivity index (χ0n) is 12.4. The zero-order chi connectivity index (χ0) is 18.0. The summed E-state index contributed by atoms with van der Waals surface area (Å²) < 4.78 is 14.2. The lowest BCUT2D eigenvalue weighted by Crippen LogP contribution is -2.16. The smallest absolute Gasteiger partial charge is 0.361 e. The fraction of sp³-hybridized carbons (Fsp3) is 0.231. The van der Waals surface area contributed by atoms with Gasteiger partial charge in [0.1, 0.15) is 5.56 Å². The van der Waals surface area contributed by atoms with E-state index >= 15 is 0 Å². The third kappa shape index (κ3) is 2.74. The second-order valence-corrected chi connectivity index (χ2v) is 4.38. The van der Waals surface area contributed by atoms with Crippen LogP contribution in [-0.4, -0.2) is 29.5 Å². The molecule has 24 heavy (non-hydrogen) atoms. The zero-order valence-corrected chi connectivity index (χ0v) is 12.4. The van der Waals surface area contributed by atoms with Crippen LogP contribution >= 0.6 is 0 Å². The molecule has 0 aliphatic heterocycles. The molecular weight excluding hydrogens is 328 g/mol. The SMILES string of the molecule is CCOC(=O)c1cc2cc([N+](=O)[O-])c(OC)c([N+](=O)[O-])c2oc1=O. The minimum atomic E-state index is -1.17. The van der Waals surface area contributed by atoms with Crippen molar-refractivity contribution in [2.24, 2.45) is 0 Å². The number of nitro benzene ring substituents is 2. The van der Waals surface area contributed by atoms with Crippen molar-refractivity contribution in [1.29, 1.82) is 0 Å². The molecule has 2 rings (SSSR count). The van der Waals surface area contributed by atoms with E-state index in [0.717, 1.165) is 19.2 Å². The Morgan fingerprint density at radius 2 is 1.92 bits per heavy atom. The molecule has 0 fully saturated rings. The van der Waals surface area contributed by atoms with Crippen LogP contribution in [0.15, 0.2) is 21.3 Å². The number of carbonyl (C=O) groups is 1. The van der Waals surface area contributed by atoms with E-state index in [1.807, 2.05) is 0 Å². The maximum absolute atomic E-state index is 11.9. The summed E-state index contributed by atoms with van der Waals surface area (Å²) in [7, 11) is 1.01. The Morgan fingerprint density at radius 3 is 2.42 bits per heavy atom. The van der Waals surface area contributed by atoms with Gasteiger partial charge in [0.15, 0.2) is 0 Å². The summed E-state index contributed by atoms with van der Waals surface area (Å²) in [6.45, 7) is 1.50. The van der Waals surface area contributed by atoms with Gasteiger partial charge in [0.2, 0.25) is 5.58 Å². The van der Waals surface area contributed by atoms with Gasteiger partial charge in [0.05, 0.1) is 23.6 Å². The number of benzene rings is 1. The first-order chi connectivity index (χ1) is 11.3. The van der Waals surface area contributed by atoms with Crippen molar-refractivity contribution < 1.29 is 28.5 Å². The van der Waals surface area contributed by atoms with E-state index in [1.165, 1.54) is 6.92 Å². The quantitative estimate of drug-likeness (QED) is 0.343. The van der Waals surface area contributed by atoms with Gasteiger partial charge in [-0.05, 0) is 13.0 Å². The molecule has 0 amide bonds. The predicted molar refractivity (Wildman–Crippen MR) is 78.3 cm³/mol. The van der Waals surface area contributed by atoms with Crippen molar-refractivity contribution in [3.63, 3.8) is 0 Å². The number of hydrogen-bond donors (Lipinski definition) is 0. The number of fused-ring (bicyclic) bond motifs is 1. The van der Waals surface area contributed by atoms with Crippen molar-refractivity contribution in [3.8, 4) is 5.75 Å². The summed E-state index contributed by atoms with van der Waals surface area (Å²) in [4.78, 5) is 44.1. The predicted octanol–water partition coefficient (Wildman–Crippen LogP) is 1.79. The topological polar surface area (TPSA) is 152 Å². The van der Waals surface area contributed by atoms with Gasteiger partial charge in [0.25, 0.3) is 5.75 Å². The van der Waals surface area contributed by atoms with Gasteiger partial charge >= 0.3 is 23.0 Å². The van der Waals surface area contributed by atoms with Crippen LogP contribution < -0.4 is 10.4 Å².